The molecule has 3 unspecified atom stereocenters. The van der Waals surface area contributed by atoms with Gasteiger partial charge in [-0.2, -0.15) is 0 Å². The van der Waals surface area contributed by atoms with Crippen molar-refractivity contribution in [2.75, 3.05) is 5.32 Å². The van der Waals surface area contributed by atoms with Gasteiger partial charge in [-0.25, -0.2) is 5.43 Å². The van der Waals surface area contributed by atoms with Crippen LogP contribution in [-0.4, -0.2) is 23.0 Å². The number of phenols is 1. The summed E-state index contributed by atoms with van der Waals surface area (Å²) in [7, 11) is 0. The van der Waals surface area contributed by atoms with Crippen molar-refractivity contribution >= 4 is 28.3 Å². The molecule has 1 heterocycles. The molecule has 0 aromatic heterocycles. The first-order valence-electron chi connectivity index (χ1n) is 11.3. The predicted octanol–water partition coefficient (Wildman–Crippen LogP) is 4.15. The van der Waals surface area contributed by atoms with Crippen LogP contribution in [-0.2, 0) is 11.2 Å². The Morgan fingerprint density at radius 2 is 1.78 bits per heavy atom. The van der Waals surface area contributed by atoms with Crippen LogP contribution in [0.4, 0.5) is 5.69 Å². The first kappa shape index (κ1) is 20.5. The third-order valence-electron chi connectivity index (χ3n) is 6.85. The number of anilines is 1. The highest BCUT2D eigenvalue weighted by Gasteiger charge is 2.39. The van der Waals surface area contributed by atoms with E-state index in [0.29, 0.717) is 22.6 Å². The van der Waals surface area contributed by atoms with Gasteiger partial charge < -0.3 is 10.4 Å². The first-order chi connectivity index (χ1) is 15.6. The number of hydrogen-bond donors (Lipinski definition) is 4. The zero-order valence-corrected chi connectivity index (χ0v) is 17.8. The number of hydrogen-bond acceptors (Lipinski definition) is 4. The summed E-state index contributed by atoms with van der Waals surface area (Å²) < 4.78 is 0. The molecule has 1 saturated carbocycles. The van der Waals surface area contributed by atoms with E-state index in [0.717, 1.165) is 43.1 Å². The molecular formula is C26H27N3O3. The van der Waals surface area contributed by atoms with Crippen molar-refractivity contribution in [2.45, 2.75) is 38.1 Å². The van der Waals surface area contributed by atoms with Gasteiger partial charge in [0, 0.05) is 34.0 Å². The summed E-state index contributed by atoms with van der Waals surface area (Å²) in [4.78, 5) is 25.2. The molecule has 1 saturated heterocycles. The lowest BCUT2D eigenvalue weighted by atomic mass is 9.72. The molecule has 164 valence electrons. The molecule has 2 amide bonds. The van der Waals surface area contributed by atoms with Crippen LogP contribution in [0.25, 0.3) is 10.8 Å². The zero-order valence-electron chi connectivity index (χ0n) is 17.8. The fourth-order valence-corrected chi connectivity index (χ4v) is 5.22. The summed E-state index contributed by atoms with van der Waals surface area (Å²) in [5.41, 5.74) is 8.37. The van der Waals surface area contributed by atoms with E-state index in [-0.39, 0.29) is 29.5 Å². The summed E-state index contributed by atoms with van der Waals surface area (Å²) in [6, 6.07) is 18.6. The molecule has 3 aromatic rings. The minimum absolute atomic E-state index is 0.0873. The van der Waals surface area contributed by atoms with Crippen LogP contribution < -0.4 is 16.2 Å². The molecule has 3 aromatic carbocycles. The number of carbonyl (C=O) groups excluding carboxylic acids is 2. The quantitative estimate of drug-likeness (QED) is 0.502. The maximum Gasteiger partial charge on any atom is 0.255 e. The smallest absolute Gasteiger partial charge is 0.255 e. The van der Waals surface area contributed by atoms with Crippen LogP contribution in [0.5, 0.6) is 5.75 Å². The van der Waals surface area contributed by atoms with Crippen LogP contribution in [0.1, 0.15) is 41.6 Å². The largest absolute Gasteiger partial charge is 0.507 e. The fourth-order valence-electron chi connectivity index (χ4n) is 5.22. The average Bonchev–Trinajstić information content (AvgIpc) is 2.82. The summed E-state index contributed by atoms with van der Waals surface area (Å²) in [6.07, 6.45) is 5.05. The van der Waals surface area contributed by atoms with Crippen LogP contribution in [0, 0.1) is 11.8 Å². The monoisotopic (exact) mass is 429 g/mol. The summed E-state index contributed by atoms with van der Waals surface area (Å²) in [5, 5.41) is 14.6. The Morgan fingerprint density at radius 3 is 2.69 bits per heavy atom. The molecule has 3 atom stereocenters. The molecule has 6 nitrogen and oxygen atoms in total. The zero-order chi connectivity index (χ0) is 22.1. The number of rotatable bonds is 4. The molecule has 0 spiro atoms. The number of phenolic OH excluding ortho intramolecular Hbond substituents is 1. The number of benzene rings is 3. The lowest BCUT2D eigenvalue weighted by Gasteiger charge is -2.41. The number of nitrogens with one attached hydrogen (secondary N) is 3. The van der Waals surface area contributed by atoms with Crippen molar-refractivity contribution in [1.82, 2.24) is 10.9 Å². The van der Waals surface area contributed by atoms with Gasteiger partial charge in [0.1, 0.15) is 5.75 Å². The maximum atomic E-state index is 13.0. The highest BCUT2D eigenvalue weighted by atomic mass is 16.3. The van der Waals surface area contributed by atoms with Gasteiger partial charge in [0.15, 0.2) is 0 Å². The molecule has 0 radical (unpaired) electrons. The topological polar surface area (TPSA) is 90.5 Å². The van der Waals surface area contributed by atoms with Crippen molar-refractivity contribution in [3.05, 3.63) is 71.8 Å². The fraction of sp³-hybridized carbons (Fsp3) is 0.308. The van der Waals surface area contributed by atoms with E-state index < -0.39 is 0 Å². The van der Waals surface area contributed by atoms with Crippen LogP contribution in [0.15, 0.2) is 60.7 Å². The molecule has 1 aliphatic heterocycles. The number of hydrazine groups is 1. The van der Waals surface area contributed by atoms with Gasteiger partial charge >= 0.3 is 0 Å². The standard InChI is InChI=1S/C26H27N3O3/c30-24-13-5-10-18-20(24)11-4-12-22(18)27-25(31)17-7-3-6-16(14-17)15-23-19-8-1-2-9-21(19)26(32)29-28-23/h3-7,10-14,19,21,23,28,30H,1-2,8-9,15H2,(H,27,31)(H,29,32). The van der Waals surface area contributed by atoms with Crippen molar-refractivity contribution in [1.29, 1.82) is 0 Å². The highest BCUT2D eigenvalue weighted by Crippen LogP contribution is 2.35. The lowest BCUT2D eigenvalue weighted by Crippen LogP contribution is -2.60. The summed E-state index contributed by atoms with van der Waals surface area (Å²) in [6.45, 7) is 0. The molecule has 32 heavy (non-hydrogen) atoms. The van der Waals surface area contributed by atoms with Gasteiger partial charge in [-0.05, 0) is 55.0 Å². The summed E-state index contributed by atoms with van der Waals surface area (Å²) in [5.74, 6) is 0.527. The molecule has 5 rings (SSSR count). The lowest BCUT2D eigenvalue weighted by molar-refractivity contribution is -0.133. The van der Waals surface area contributed by atoms with Crippen molar-refractivity contribution in [2.24, 2.45) is 11.8 Å². The number of amides is 2. The molecule has 0 bridgehead atoms. The van der Waals surface area contributed by atoms with Gasteiger partial charge in [0.05, 0.1) is 0 Å². The van der Waals surface area contributed by atoms with Gasteiger partial charge in [0.2, 0.25) is 5.91 Å². The SMILES string of the molecule is O=C(Nc1cccc2c(O)cccc12)c1cccc(CC2NNC(=O)C3CCCCC23)c1. The van der Waals surface area contributed by atoms with Gasteiger partial charge in [-0.15, -0.1) is 0 Å². The molecule has 4 N–H and O–H groups in total. The van der Waals surface area contributed by atoms with Gasteiger partial charge in [0.25, 0.3) is 5.91 Å². The Kier molecular flexibility index (Phi) is 5.53. The van der Waals surface area contributed by atoms with E-state index in [1.54, 1.807) is 18.2 Å². The van der Waals surface area contributed by atoms with Gasteiger partial charge in [-0.3, -0.25) is 15.0 Å². The van der Waals surface area contributed by atoms with Crippen molar-refractivity contribution in [3.63, 3.8) is 0 Å². The Hall–Kier alpha value is -3.38. The third kappa shape index (κ3) is 3.94. The highest BCUT2D eigenvalue weighted by molar-refractivity contribution is 6.10. The molecule has 2 fully saturated rings. The molecular weight excluding hydrogens is 402 g/mol. The second-order valence-electron chi connectivity index (χ2n) is 8.83. The first-order valence-corrected chi connectivity index (χ1v) is 11.3. The second-order valence-corrected chi connectivity index (χ2v) is 8.83. The number of fused-ring (bicyclic) bond motifs is 2. The molecule has 1 aliphatic carbocycles. The third-order valence-corrected chi connectivity index (χ3v) is 6.85. The molecule has 2 aliphatic rings. The molecule has 6 heteroatoms. The van der Waals surface area contributed by atoms with E-state index in [1.165, 1.54) is 0 Å². The second kappa shape index (κ2) is 8.63. The van der Waals surface area contributed by atoms with Gasteiger partial charge in [-0.1, -0.05) is 49.2 Å². The Labute approximate surface area is 187 Å². The minimum Gasteiger partial charge on any atom is -0.507 e. The van der Waals surface area contributed by atoms with E-state index in [4.69, 9.17) is 0 Å². The number of carbonyl (C=O) groups is 2. The van der Waals surface area contributed by atoms with E-state index in [9.17, 15) is 14.7 Å². The average molecular weight is 430 g/mol. The van der Waals surface area contributed by atoms with E-state index in [1.807, 2.05) is 42.5 Å². The van der Waals surface area contributed by atoms with E-state index in [2.05, 4.69) is 16.2 Å². The van der Waals surface area contributed by atoms with E-state index >= 15 is 0 Å². The Balaban J connectivity index is 1.34. The van der Waals surface area contributed by atoms with Crippen LogP contribution in [0.3, 0.4) is 0 Å². The normalized spacial score (nSPS) is 22.8. The van der Waals surface area contributed by atoms with Crippen molar-refractivity contribution in [3.8, 4) is 5.75 Å². The van der Waals surface area contributed by atoms with Crippen LogP contribution >= 0.6 is 0 Å². The van der Waals surface area contributed by atoms with Crippen molar-refractivity contribution < 1.29 is 14.7 Å². The Morgan fingerprint density at radius 1 is 1.00 bits per heavy atom. The predicted molar refractivity (Wildman–Crippen MR) is 124 cm³/mol. The maximum absolute atomic E-state index is 13.0. The van der Waals surface area contributed by atoms with Crippen LogP contribution in [0.2, 0.25) is 0 Å². The summed E-state index contributed by atoms with van der Waals surface area (Å²) >= 11 is 0. The Bertz CT molecular complexity index is 1180. The number of aromatic hydroxyl groups is 1. The minimum atomic E-state index is -0.192.